The van der Waals surface area contributed by atoms with Gasteiger partial charge >= 0.3 is 0 Å². The van der Waals surface area contributed by atoms with Crippen molar-refractivity contribution in [3.63, 3.8) is 0 Å². The minimum atomic E-state index is 0.0674. The van der Waals surface area contributed by atoms with E-state index in [1.54, 1.807) is 0 Å². The Morgan fingerprint density at radius 3 is 2.60 bits per heavy atom. The van der Waals surface area contributed by atoms with Gasteiger partial charge in [0.2, 0.25) is 0 Å². The molecule has 0 aliphatic carbocycles. The molecule has 20 heavy (non-hydrogen) atoms. The number of hydrogen-bond acceptors (Lipinski definition) is 3. The van der Waals surface area contributed by atoms with E-state index in [1.807, 2.05) is 24.1 Å². The Morgan fingerprint density at radius 1 is 1.35 bits per heavy atom. The van der Waals surface area contributed by atoms with Crippen LogP contribution in [0.5, 0.6) is 0 Å². The zero-order valence-corrected chi connectivity index (χ0v) is 12.7. The van der Waals surface area contributed by atoms with Crippen LogP contribution in [0.3, 0.4) is 0 Å². The fourth-order valence-electron chi connectivity index (χ4n) is 2.78. The molecule has 1 heterocycles. The molecule has 0 aliphatic rings. The minimum absolute atomic E-state index is 0.0674. The maximum absolute atomic E-state index is 6.23. The van der Waals surface area contributed by atoms with Crippen molar-refractivity contribution >= 4 is 0 Å². The Balaban J connectivity index is 2.22. The molecule has 2 aromatic rings. The van der Waals surface area contributed by atoms with E-state index in [1.165, 1.54) is 16.7 Å². The molecular formula is C16H24N4. The molecule has 0 aliphatic heterocycles. The molecule has 2 rings (SSSR count). The zero-order valence-electron chi connectivity index (χ0n) is 12.7. The molecular weight excluding hydrogens is 248 g/mol. The molecule has 0 bridgehead atoms. The Morgan fingerprint density at radius 2 is 2.05 bits per heavy atom. The third-order valence-electron chi connectivity index (χ3n) is 3.67. The lowest BCUT2D eigenvalue weighted by molar-refractivity contribution is 0.210. The number of benzene rings is 1. The van der Waals surface area contributed by atoms with Gasteiger partial charge in [0.1, 0.15) is 0 Å². The van der Waals surface area contributed by atoms with Gasteiger partial charge in [-0.3, -0.25) is 9.58 Å². The van der Waals surface area contributed by atoms with Crippen molar-refractivity contribution in [1.82, 2.24) is 14.7 Å². The lowest BCUT2D eigenvalue weighted by Gasteiger charge is -2.32. The summed E-state index contributed by atoms with van der Waals surface area (Å²) < 4.78 is 1.83. The van der Waals surface area contributed by atoms with Crippen LogP contribution in [0, 0.1) is 6.92 Å². The molecule has 4 heteroatoms. The summed E-state index contributed by atoms with van der Waals surface area (Å²) in [7, 11) is 4.06. The van der Waals surface area contributed by atoms with Crippen molar-refractivity contribution in [2.45, 2.75) is 32.5 Å². The van der Waals surface area contributed by atoms with E-state index in [-0.39, 0.29) is 12.1 Å². The molecule has 0 spiro atoms. The number of rotatable bonds is 5. The third kappa shape index (κ3) is 3.26. The molecule has 1 aromatic carbocycles. The van der Waals surface area contributed by atoms with Crippen molar-refractivity contribution in [2.24, 2.45) is 12.8 Å². The highest BCUT2D eigenvalue weighted by Gasteiger charge is 2.22. The topological polar surface area (TPSA) is 47.1 Å². The smallest absolute Gasteiger partial charge is 0.0534 e. The van der Waals surface area contributed by atoms with E-state index in [2.05, 4.69) is 55.2 Å². The molecule has 0 fully saturated rings. The maximum Gasteiger partial charge on any atom is 0.0534 e. The number of likely N-dealkylation sites (N-methyl/N-ethyl adjacent to an activating group) is 1. The van der Waals surface area contributed by atoms with Gasteiger partial charge in [0.15, 0.2) is 0 Å². The first-order valence-corrected chi connectivity index (χ1v) is 6.98. The van der Waals surface area contributed by atoms with Gasteiger partial charge in [-0.15, -0.1) is 0 Å². The molecule has 0 saturated heterocycles. The Kier molecular flexibility index (Phi) is 4.57. The third-order valence-corrected chi connectivity index (χ3v) is 3.67. The van der Waals surface area contributed by atoms with Crippen molar-refractivity contribution < 1.29 is 0 Å². The summed E-state index contributed by atoms with van der Waals surface area (Å²) >= 11 is 0. The fourth-order valence-corrected chi connectivity index (χ4v) is 2.78. The zero-order chi connectivity index (χ0) is 14.7. The first-order valence-electron chi connectivity index (χ1n) is 6.98. The molecule has 0 radical (unpaired) electrons. The number of hydrogen-bond donors (Lipinski definition) is 1. The average Bonchev–Trinajstić information content (AvgIpc) is 2.77. The van der Waals surface area contributed by atoms with Gasteiger partial charge in [-0.1, -0.05) is 24.3 Å². The lowest BCUT2D eigenvalue weighted by atomic mass is 9.95. The van der Waals surface area contributed by atoms with Crippen molar-refractivity contribution in [3.05, 3.63) is 53.3 Å². The highest BCUT2D eigenvalue weighted by atomic mass is 15.2. The number of nitrogens with two attached hydrogens (primary N) is 1. The van der Waals surface area contributed by atoms with Crippen LogP contribution in [-0.2, 0) is 13.6 Å². The van der Waals surface area contributed by atoms with Crippen molar-refractivity contribution in [1.29, 1.82) is 0 Å². The lowest BCUT2D eigenvalue weighted by Crippen LogP contribution is -2.37. The van der Waals surface area contributed by atoms with Crippen LogP contribution in [0.4, 0.5) is 0 Å². The Bertz CT molecular complexity index is 559. The van der Waals surface area contributed by atoms with Gasteiger partial charge in [-0.25, -0.2) is 0 Å². The second-order valence-corrected chi connectivity index (χ2v) is 5.60. The molecule has 108 valence electrons. The summed E-state index contributed by atoms with van der Waals surface area (Å²) in [4.78, 5) is 2.30. The van der Waals surface area contributed by atoms with E-state index >= 15 is 0 Å². The summed E-state index contributed by atoms with van der Waals surface area (Å²) in [5, 5.41) is 4.22. The van der Waals surface area contributed by atoms with Gasteiger partial charge < -0.3 is 5.73 Å². The molecule has 0 saturated carbocycles. The standard InChI is InChI=1S/C16H24N4/c1-12-7-5-6-8-15(12)16(13(2)17)19(3)10-14-9-18-20(4)11-14/h5-9,11,13,16H,10,17H2,1-4H3. The monoisotopic (exact) mass is 272 g/mol. The fraction of sp³-hybridized carbons (Fsp3) is 0.438. The van der Waals surface area contributed by atoms with Crippen molar-refractivity contribution in [2.75, 3.05) is 7.05 Å². The van der Waals surface area contributed by atoms with Crippen LogP contribution in [-0.4, -0.2) is 27.8 Å². The van der Waals surface area contributed by atoms with E-state index in [0.29, 0.717) is 0 Å². The van der Waals surface area contributed by atoms with E-state index < -0.39 is 0 Å². The molecule has 0 amide bonds. The summed E-state index contributed by atoms with van der Waals surface area (Å²) in [6.45, 7) is 5.05. The molecule has 1 aromatic heterocycles. The average molecular weight is 272 g/mol. The van der Waals surface area contributed by atoms with Gasteiger partial charge in [-0.05, 0) is 32.0 Å². The SMILES string of the molecule is Cc1ccccc1C(C(C)N)N(C)Cc1cnn(C)c1. The van der Waals surface area contributed by atoms with Gasteiger partial charge in [-0.2, -0.15) is 5.10 Å². The summed E-state index contributed by atoms with van der Waals surface area (Å²) in [6.07, 6.45) is 3.96. The van der Waals surface area contributed by atoms with Crippen molar-refractivity contribution in [3.8, 4) is 0 Å². The van der Waals surface area contributed by atoms with Gasteiger partial charge in [0.25, 0.3) is 0 Å². The van der Waals surface area contributed by atoms with Gasteiger partial charge in [0.05, 0.1) is 6.20 Å². The molecule has 4 nitrogen and oxygen atoms in total. The quantitative estimate of drug-likeness (QED) is 0.908. The molecule has 2 N–H and O–H groups in total. The first kappa shape index (κ1) is 14.8. The first-order chi connectivity index (χ1) is 9.49. The predicted octanol–water partition coefficient (Wildman–Crippen LogP) is 2.25. The largest absolute Gasteiger partial charge is 0.326 e. The highest BCUT2D eigenvalue weighted by Crippen LogP contribution is 2.26. The normalized spacial score (nSPS) is 14.5. The summed E-state index contributed by atoms with van der Waals surface area (Å²) in [6, 6.07) is 8.73. The van der Waals surface area contributed by atoms with Crippen LogP contribution in [0.15, 0.2) is 36.7 Å². The minimum Gasteiger partial charge on any atom is -0.326 e. The number of aromatic nitrogens is 2. The van der Waals surface area contributed by atoms with Crippen LogP contribution in [0.1, 0.15) is 29.7 Å². The second-order valence-electron chi connectivity index (χ2n) is 5.60. The predicted molar refractivity (Wildman–Crippen MR) is 82.2 cm³/mol. The summed E-state index contributed by atoms with van der Waals surface area (Å²) in [5.41, 5.74) is 10.0. The Labute approximate surface area is 121 Å². The van der Waals surface area contributed by atoms with Crippen LogP contribution >= 0.6 is 0 Å². The molecule has 2 unspecified atom stereocenters. The Hall–Kier alpha value is -1.65. The maximum atomic E-state index is 6.23. The van der Waals surface area contributed by atoms with Crippen LogP contribution in [0.2, 0.25) is 0 Å². The molecule has 2 atom stereocenters. The van der Waals surface area contributed by atoms with E-state index in [4.69, 9.17) is 5.73 Å². The summed E-state index contributed by atoms with van der Waals surface area (Å²) in [5.74, 6) is 0. The van der Waals surface area contributed by atoms with Gasteiger partial charge in [0, 0.05) is 37.4 Å². The number of aryl methyl sites for hydroxylation is 2. The highest BCUT2D eigenvalue weighted by molar-refractivity contribution is 5.30. The van der Waals surface area contributed by atoms with Crippen LogP contribution in [0.25, 0.3) is 0 Å². The van der Waals surface area contributed by atoms with E-state index in [9.17, 15) is 0 Å². The number of nitrogens with zero attached hydrogens (tertiary/aromatic N) is 3. The van der Waals surface area contributed by atoms with E-state index in [0.717, 1.165) is 6.54 Å². The van der Waals surface area contributed by atoms with Crippen LogP contribution < -0.4 is 5.73 Å². The second kappa shape index (κ2) is 6.20.